The van der Waals surface area contributed by atoms with Crippen molar-refractivity contribution in [1.82, 2.24) is 0 Å². The van der Waals surface area contributed by atoms with Crippen LogP contribution in [0.2, 0.25) is 0 Å². The Hall–Kier alpha value is -0.950. The van der Waals surface area contributed by atoms with Gasteiger partial charge in [-0.2, -0.15) is 13.2 Å². The summed E-state index contributed by atoms with van der Waals surface area (Å²) in [5, 5.41) is 0. The first kappa shape index (κ1) is 9.14. The Morgan fingerprint density at radius 1 is 1.33 bits per heavy atom. The zero-order valence-electron chi connectivity index (χ0n) is 6.92. The fourth-order valence-corrected chi connectivity index (χ4v) is 1.19. The molecule has 0 heterocycles. The number of alkyl halides is 3. The number of rotatable bonds is 0. The molecule has 12 heavy (non-hydrogen) atoms. The van der Waals surface area contributed by atoms with Crippen LogP contribution in [-0.4, -0.2) is 6.18 Å². The van der Waals surface area contributed by atoms with Gasteiger partial charge in [0, 0.05) is 0 Å². The van der Waals surface area contributed by atoms with Gasteiger partial charge in [-0.1, -0.05) is 5.57 Å². The zero-order chi connectivity index (χ0) is 9.35. The lowest BCUT2D eigenvalue weighted by molar-refractivity contribution is -0.0891. The van der Waals surface area contributed by atoms with Crippen LogP contribution in [-0.2, 0) is 0 Å². The number of hydrogen-bond donors (Lipinski definition) is 0. The minimum atomic E-state index is -4.22. The molecule has 0 saturated carbocycles. The van der Waals surface area contributed by atoms with Gasteiger partial charge in [0.15, 0.2) is 0 Å². The molecule has 1 aliphatic carbocycles. The number of allylic oxidation sites excluding steroid dienone is 3. The normalized spacial score (nSPS) is 18.2. The lowest BCUT2D eigenvalue weighted by atomic mass is 9.98. The van der Waals surface area contributed by atoms with Gasteiger partial charge in [0.05, 0.1) is 5.57 Å². The highest BCUT2D eigenvalue weighted by molar-refractivity contribution is 5.35. The summed E-state index contributed by atoms with van der Waals surface area (Å²) in [6.07, 6.45) is -2.82. The third-order valence-corrected chi connectivity index (χ3v) is 1.76. The summed E-state index contributed by atoms with van der Waals surface area (Å²) in [7, 11) is 0. The monoisotopic (exact) mass is 174 g/mol. The highest BCUT2D eigenvalue weighted by atomic mass is 19.4. The van der Waals surface area contributed by atoms with E-state index in [1.807, 2.05) is 0 Å². The third kappa shape index (κ3) is 1.80. The smallest absolute Gasteiger partial charge is 0.166 e. The topological polar surface area (TPSA) is 0 Å². The zero-order valence-corrected chi connectivity index (χ0v) is 6.92. The second-order valence-corrected chi connectivity index (χ2v) is 2.94. The van der Waals surface area contributed by atoms with Crippen LogP contribution in [0, 0.1) is 0 Å². The molecule has 0 aromatic carbocycles. The molecular weight excluding hydrogens is 165 g/mol. The van der Waals surface area contributed by atoms with Crippen LogP contribution in [0.1, 0.15) is 20.3 Å². The van der Waals surface area contributed by atoms with Gasteiger partial charge in [-0.3, -0.25) is 0 Å². The van der Waals surface area contributed by atoms with Crippen molar-refractivity contribution in [1.29, 1.82) is 0 Å². The molecule has 0 saturated heterocycles. The summed E-state index contributed by atoms with van der Waals surface area (Å²) in [4.78, 5) is 0. The van der Waals surface area contributed by atoms with E-state index in [0.717, 1.165) is 11.6 Å². The first-order valence-corrected chi connectivity index (χ1v) is 3.60. The Morgan fingerprint density at radius 3 is 2.33 bits per heavy atom. The minimum absolute atomic E-state index is 0.374. The highest BCUT2D eigenvalue weighted by Crippen LogP contribution is 2.32. The quantitative estimate of drug-likeness (QED) is 0.494. The van der Waals surface area contributed by atoms with Crippen molar-refractivity contribution in [3.63, 3.8) is 0 Å². The average Bonchev–Trinajstić information content (AvgIpc) is 1.83. The van der Waals surface area contributed by atoms with E-state index in [0.29, 0.717) is 12.0 Å². The highest BCUT2D eigenvalue weighted by Gasteiger charge is 2.34. The molecule has 0 aromatic heterocycles. The van der Waals surface area contributed by atoms with Crippen molar-refractivity contribution in [2.75, 3.05) is 0 Å². The van der Waals surface area contributed by atoms with E-state index in [1.54, 1.807) is 6.92 Å². The maximum absolute atomic E-state index is 12.2. The van der Waals surface area contributed by atoms with E-state index in [-0.39, 0.29) is 0 Å². The van der Waals surface area contributed by atoms with Crippen molar-refractivity contribution >= 4 is 0 Å². The summed E-state index contributed by atoms with van der Waals surface area (Å²) >= 11 is 0. The van der Waals surface area contributed by atoms with Crippen LogP contribution in [0.5, 0.6) is 0 Å². The Bertz CT molecular complexity index is 285. The second kappa shape index (κ2) is 2.83. The number of hydrogen-bond acceptors (Lipinski definition) is 0. The molecule has 0 atom stereocenters. The molecular formula is C9H9F3. The molecule has 1 rings (SSSR count). The van der Waals surface area contributed by atoms with E-state index in [1.165, 1.54) is 6.92 Å². The van der Waals surface area contributed by atoms with Crippen molar-refractivity contribution in [2.24, 2.45) is 0 Å². The molecule has 3 heteroatoms. The minimum Gasteiger partial charge on any atom is -0.166 e. The van der Waals surface area contributed by atoms with E-state index >= 15 is 0 Å². The van der Waals surface area contributed by atoms with Gasteiger partial charge in [-0.15, -0.1) is 5.73 Å². The van der Waals surface area contributed by atoms with E-state index in [2.05, 4.69) is 5.73 Å². The number of halogens is 3. The van der Waals surface area contributed by atoms with Gasteiger partial charge >= 0.3 is 6.18 Å². The van der Waals surface area contributed by atoms with Gasteiger partial charge in [0.1, 0.15) is 0 Å². The molecule has 0 N–H and O–H groups in total. The summed E-state index contributed by atoms with van der Waals surface area (Å²) in [5.74, 6) is 0. The molecule has 0 aromatic rings. The van der Waals surface area contributed by atoms with Crippen LogP contribution in [0.3, 0.4) is 0 Å². The van der Waals surface area contributed by atoms with E-state index in [9.17, 15) is 13.2 Å². The average molecular weight is 174 g/mol. The van der Waals surface area contributed by atoms with Crippen molar-refractivity contribution in [2.45, 2.75) is 26.4 Å². The Balaban J connectivity index is 3.07. The van der Waals surface area contributed by atoms with Crippen LogP contribution in [0.25, 0.3) is 0 Å². The fourth-order valence-electron chi connectivity index (χ4n) is 1.19. The summed E-state index contributed by atoms with van der Waals surface area (Å²) in [5.41, 5.74) is 3.26. The molecule has 0 spiro atoms. The predicted molar refractivity (Wildman–Crippen MR) is 40.6 cm³/mol. The van der Waals surface area contributed by atoms with Gasteiger partial charge < -0.3 is 0 Å². The van der Waals surface area contributed by atoms with Gasteiger partial charge in [0.25, 0.3) is 0 Å². The Labute approximate surface area is 69.1 Å². The molecule has 0 radical (unpaired) electrons. The van der Waals surface area contributed by atoms with E-state index in [4.69, 9.17) is 0 Å². The van der Waals surface area contributed by atoms with Gasteiger partial charge in [-0.05, 0) is 31.9 Å². The first-order chi connectivity index (χ1) is 5.41. The molecule has 0 nitrogen and oxygen atoms in total. The van der Waals surface area contributed by atoms with Gasteiger partial charge in [-0.25, -0.2) is 0 Å². The lowest BCUT2D eigenvalue weighted by Crippen LogP contribution is -2.13. The van der Waals surface area contributed by atoms with Crippen LogP contribution < -0.4 is 0 Å². The largest absolute Gasteiger partial charge is 0.416 e. The van der Waals surface area contributed by atoms with Crippen LogP contribution in [0.15, 0.2) is 28.5 Å². The second-order valence-electron chi connectivity index (χ2n) is 2.94. The molecule has 0 aliphatic heterocycles. The predicted octanol–water partition coefficient (Wildman–Crippen LogP) is 3.37. The molecule has 0 fully saturated rings. The maximum atomic E-state index is 12.2. The summed E-state index contributed by atoms with van der Waals surface area (Å²) < 4.78 is 36.5. The van der Waals surface area contributed by atoms with E-state index < -0.39 is 11.7 Å². The standard InChI is InChI=1S/C9H9F3/c1-6-3-4-8(7(2)5-6)9(10,11)12/h4H,5H2,1-2H3. The summed E-state index contributed by atoms with van der Waals surface area (Å²) in [6.45, 7) is 3.27. The van der Waals surface area contributed by atoms with Gasteiger partial charge in [0.2, 0.25) is 0 Å². The molecule has 66 valence electrons. The van der Waals surface area contributed by atoms with Crippen molar-refractivity contribution < 1.29 is 13.2 Å². The Morgan fingerprint density at radius 2 is 1.92 bits per heavy atom. The SMILES string of the molecule is CC1=C=CC(C(F)(F)F)=C(C)C1. The molecule has 0 bridgehead atoms. The summed E-state index contributed by atoms with van der Waals surface area (Å²) in [6, 6.07) is 0. The Kier molecular flexibility index (Phi) is 2.16. The molecule has 0 amide bonds. The fraction of sp³-hybridized carbons (Fsp3) is 0.444. The van der Waals surface area contributed by atoms with Crippen molar-refractivity contribution in [3.05, 3.63) is 28.5 Å². The first-order valence-electron chi connectivity index (χ1n) is 3.60. The van der Waals surface area contributed by atoms with Crippen LogP contribution in [0.4, 0.5) is 13.2 Å². The lowest BCUT2D eigenvalue weighted by Gasteiger charge is -2.14. The molecule has 0 unspecified atom stereocenters. The third-order valence-electron chi connectivity index (χ3n) is 1.76. The molecule has 1 aliphatic rings. The maximum Gasteiger partial charge on any atom is 0.416 e. The van der Waals surface area contributed by atoms with Crippen LogP contribution >= 0.6 is 0 Å². The van der Waals surface area contributed by atoms with Crippen molar-refractivity contribution in [3.8, 4) is 0 Å².